The SMILES string of the molecule is CCN(CC)[Si](CC)(N(C)C)N(C)C. The molecule has 3 nitrogen and oxygen atoms in total. The van der Waals surface area contributed by atoms with Gasteiger partial charge in [-0.15, -0.1) is 0 Å². The Morgan fingerprint density at radius 3 is 1.21 bits per heavy atom. The zero-order valence-corrected chi connectivity index (χ0v) is 12.0. The first-order valence-corrected chi connectivity index (χ1v) is 7.62. The molecule has 0 fully saturated rings. The van der Waals surface area contributed by atoms with Crippen LogP contribution in [0.25, 0.3) is 0 Å². The monoisotopic (exact) mass is 217 g/mol. The van der Waals surface area contributed by atoms with Gasteiger partial charge in [-0.25, -0.2) is 0 Å². The van der Waals surface area contributed by atoms with Crippen molar-refractivity contribution in [2.75, 3.05) is 41.3 Å². The molecule has 0 aromatic heterocycles. The van der Waals surface area contributed by atoms with E-state index in [4.69, 9.17) is 0 Å². The van der Waals surface area contributed by atoms with Crippen LogP contribution in [0.4, 0.5) is 0 Å². The Morgan fingerprint density at radius 2 is 1.14 bits per heavy atom. The third kappa shape index (κ3) is 2.37. The predicted octanol–water partition coefficient (Wildman–Crippen LogP) is 1.41. The molecule has 0 saturated heterocycles. The number of hydrogen-bond donors (Lipinski definition) is 0. The van der Waals surface area contributed by atoms with E-state index in [0.717, 1.165) is 13.1 Å². The van der Waals surface area contributed by atoms with Crippen LogP contribution in [0.3, 0.4) is 0 Å². The smallest absolute Gasteiger partial charge is 0.288 e. The lowest BCUT2D eigenvalue weighted by atomic mass is 10.7. The van der Waals surface area contributed by atoms with Crippen molar-refractivity contribution >= 4 is 8.56 Å². The molecule has 0 bridgehead atoms. The normalized spacial score (nSPS) is 13.3. The van der Waals surface area contributed by atoms with Gasteiger partial charge in [-0.2, -0.15) is 0 Å². The molecule has 0 heterocycles. The molecule has 0 N–H and O–H groups in total. The first kappa shape index (κ1) is 14.1. The predicted molar refractivity (Wildman–Crippen MR) is 66.5 cm³/mol. The van der Waals surface area contributed by atoms with Gasteiger partial charge in [0.1, 0.15) is 0 Å². The van der Waals surface area contributed by atoms with Gasteiger partial charge in [-0.3, -0.25) is 4.57 Å². The lowest BCUT2D eigenvalue weighted by molar-refractivity contribution is 0.326. The molecule has 0 amide bonds. The molecule has 0 spiro atoms. The van der Waals surface area contributed by atoms with Gasteiger partial charge >= 0.3 is 0 Å². The topological polar surface area (TPSA) is 9.72 Å². The summed E-state index contributed by atoms with van der Waals surface area (Å²) in [5.74, 6) is 0. The summed E-state index contributed by atoms with van der Waals surface area (Å²) < 4.78 is 7.52. The van der Waals surface area contributed by atoms with Crippen molar-refractivity contribution < 1.29 is 0 Å². The quantitative estimate of drug-likeness (QED) is 0.623. The number of hydrogen-bond acceptors (Lipinski definition) is 3. The molecule has 86 valence electrons. The fourth-order valence-electron chi connectivity index (χ4n) is 2.55. The largest absolute Gasteiger partial charge is 0.305 e. The molecule has 0 aliphatic rings. The van der Waals surface area contributed by atoms with E-state index in [1.165, 1.54) is 6.04 Å². The second-order valence-corrected chi connectivity index (χ2v) is 8.77. The molecule has 0 atom stereocenters. The maximum Gasteiger partial charge on any atom is 0.288 e. The van der Waals surface area contributed by atoms with Crippen LogP contribution in [0.1, 0.15) is 20.8 Å². The van der Waals surface area contributed by atoms with Crippen LogP contribution >= 0.6 is 0 Å². The first-order valence-electron chi connectivity index (χ1n) is 5.57. The fourth-order valence-corrected chi connectivity index (χ4v) is 7.21. The van der Waals surface area contributed by atoms with E-state index >= 15 is 0 Å². The lowest BCUT2D eigenvalue weighted by Crippen LogP contribution is -2.71. The molecule has 0 aliphatic carbocycles. The molecule has 0 rings (SSSR count). The molecular weight excluding hydrogens is 190 g/mol. The number of nitrogens with zero attached hydrogens (tertiary/aromatic N) is 3. The molecule has 0 aromatic carbocycles. The summed E-state index contributed by atoms with van der Waals surface area (Å²) in [5.41, 5.74) is 0. The van der Waals surface area contributed by atoms with Crippen LogP contribution in [0, 0.1) is 0 Å². The van der Waals surface area contributed by atoms with E-state index in [1.807, 2.05) is 0 Å². The third-order valence-corrected chi connectivity index (χ3v) is 8.64. The molecule has 0 aromatic rings. The maximum atomic E-state index is 2.63. The highest BCUT2D eigenvalue weighted by atomic mass is 28.4. The molecule has 0 unspecified atom stereocenters. The van der Waals surface area contributed by atoms with Gasteiger partial charge in [0.25, 0.3) is 8.56 Å². The highest BCUT2D eigenvalue weighted by molar-refractivity contribution is 6.71. The van der Waals surface area contributed by atoms with Crippen LogP contribution in [-0.4, -0.2) is 63.5 Å². The van der Waals surface area contributed by atoms with Gasteiger partial charge < -0.3 is 9.13 Å². The van der Waals surface area contributed by atoms with Gasteiger partial charge in [0.15, 0.2) is 0 Å². The van der Waals surface area contributed by atoms with Gasteiger partial charge in [-0.1, -0.05) is 20.8 Å². The molecule has 0 saturated carbocycles. The summed E-state index contributed by atoms with van der Waals surface area (Å²) in [4.78, 5) is 0. The minimum absolute atomic E-state index is 1.15. The Bertz CT molecular complexity index is 147. The summed E-state index contributed by atoms with van der Waals surface area (Å²) in [6.45, 7) is 9.12. The van der Waals surface area contributed by atoms with Crippen molar-refractivity contribution in [3.05, 3.63) is 0 Å². The Kier molecular flexibility index (Phi) is 5.89. The second kappa shape index (κ2) is 5.85. The molecule has 0 aliphatic heterocycles. The van der Waals surface area contributed by atoms with Gasteiger partial charge in [0, 0.05) is 0 Å². The van der Waals surface area contributed by atoms with Crippen LogP contribution in [0.2, 0.25) is 6.04 Å². The lowest BCUT2D eigenvalue weighted by Gasteiger charge is -2.48. The van der Waals surface area contributed by atoms with Crippen LogP contribution in [-0.2, 0) is 0 Å². The van der Waals surface area contributed by atoms with Crippen molar-refractivity contribution in [3.8, 4) is 0 Å². The molecular formula is C10H27N3Si. The van der Waals surface area contributed by atoms with E-state index < -0.39 is 8.56 Å². The first-order chi connectivity index (χ1) is 6.47. The fraction of sp³-hybridized carbons (Fsp3) is 1.00. The van der Waals surface area contributed by atoms with Crippen molar-refractivity contribution in [2.45, 2.75) is 26.8 Å². The highest BCUT2D eigenvalue weighted by Gasteiger charge is 2.42. The van der Waals surface area contributed by atoms with Crippen LogP contribution in [0.15, 0.2) is 0 Å². The Hall–Kier alpha value is 0.0969. The third-order valence-electron chi connectivity index (χ3n) is 3.18. The highest BCUT2D eigenvalue weighted by Crippen LogP contribution is 2.19. The average molecular weight is 217 g/mol. The standard InChI is InChI=1S/C10H27N3Si/c1-8-13(9-2)14(10-3,11(4)5)12(6)7/h8-10H2,1-7H3. The summed E-state index contributed by atoms with van der Waals surface area (Å²) >= 11 is 0. The molecule has 4 heteroatoms. The van der Waals surface area contributed by atoms with Crippen molar-refractivity contribution in [3.63, 3.8) is 0 Å². The van der Waals surface area contributed by atoms with Gasteiger partial charge in [0.2, 0.25) is 0 Å². The number of rotatable bonds is 6. The van der Waals surface area contributed by atoms with Gasteiger partial charge in [0.05, 0.1) is 0 Å². The summed E-state index contributed by atoms with van der Waals surface area (Å²) in [7, 11) is 7.31. The second-order valence-electron chi connectivity index (χ2n) is 4.09. The van der Waals surface area contributed by atoms with Crippen molar-refractivity contribution in [2.24, 2.45) is 0 Å². The molecule has 14 heavy (non-hydrogen) atoms. The molecule has 0 radical (unpaired) electrons. The van der Waals surface area contributed by atoms with Crippen LogP contribution in [0.5, 0.6) is 0 Å². The van der Waals surface area contributed by atoms with E-state index in [0.29, 0.717) is 0 Å². The van der Waals surface area contributed by atoms with Crippen molar-refractivity contribution in [1.82, 2.24) is 13.7 Å². The minimum atomic E-state index is -1.55. The maximum absolute atomic E-state index is 2.63. The van der Waals surface area contributed by atoms with E-state index in [9.17, 15) is 0 Å². The van der Waals surface area contributed by atoms with E-state index in [2.05, 4.69) is 62.7 Å². The van der Waals surface area contributed by atoms with E-state index in [-0.39, 0.29) is 0 Å². The zero-order valence-electron chi connectivity index (χ0n) is 11.0. The van der Waals surface area contributed by atoms with Crippen LogP contribution < -0.4 is 0 Å². The summed E-state index contributed by atoms with van der Waals surface area (Å²) in [5, 5.41) is 0. The summed E-state index contributed by atoms with van der Waals surface area (Å²) in [6.07, 6.45) is 0. The van der Waals surface area contributed by atoms with Crippen molar-refractivity contribution in [1.29, 1.82) is 0 Å². The minimum Gasteiger partial charge on any atom is -0.305 e. The summed E-state index contributed by atoms with van der Waals surface area (Å²) in [6, 6.07) is 1.24. The Balaban J connectivity index is 5.00. The Labute approximate surface area is 90.9 Å². The van der Waals surface area contributed by atoms with E-state index in [1.54, 1.807) is 0 Å². The average Bonchev–Trinajstić information content (AvgIpc) is 2.12. The Morgan fingerprint density at radius 1 is 0.786 bits per heavy atom. The zero-order chi connectivity index (χ0) is 11.4. The van der Waals surface area contributed by atoms with Gasteiger partial charge in [-0.05, 0) is 47.3 Å².